The van der Waals surface area contributed by atoms with E-state index < -0.39 is 0 Å². The second-order valence-electron chi connectivity index (χ2n) is 6.63. The minimum absolute atomic E-state index is 0.638. The second-order valence-corrected chi connectivity index (χ2v) is 6.63. The molecule has 7 nitrogen and oxygen atoms in total. The van der Waals surface area contributed by atoms with Crippen molar-refractivity contribution in [3.63, 3.8) is 0 Å². The van der Waals surface area contributed by atoms with Crippen molar-refractivity contribution in [2.24, 2.45) is 0 Å². The zero-order valence-corrected chi connectivity index (χ0v) is 16.0. The number of anilines is 3. The van der Waals surface area contributed by atoms with Crippen LogP contribution in [0.3, 0.4) is 0 Å². The molecule has 28 heavy (non-hydrogen) atoms. The molecule has 0 spiro atoms. The van der Waals surface area contributed by atoms with E-state index in [9.17, 15) is 0 Å². The zero-order valence-electron chi connectivity index (χ0n) is 16.0. The third-order valence-electron chi connectivity index (χ3n) is 4.86. The second kappa shape index (κ2) is 8.56. The van der Waals surface area contributed by atoms with Gasteiger partial charge in [-0.15, -0.1) is 0 Å². The molecular weight excluding hydrogens is 352 g/mol. The first-order chi connectivity index (χ1) is 13.8. The SMILES string of the molecule is COc1ccc(N2CCN(c3ccnc(NCc4cccnc4)n3)CC2)cc1. The van der Waals surface area contributed by atoms with Crippen LogP contribution in [0.15, 0.2) is 61.1 Å². The van der Waals surface area contributed by atoms with Gasteiger partial charge in [-0.25, -0.2) is 4.98 Å². The van der Waals surface area contributed by atoms with Crippen LogP contribution in [0.2, 0.25) is 0 Å². The monoisotopic (exact) mass is 376 g/mol. The van der Waals surface area contributed by atoms with Crippen molar-refractivity contribution in [2.75, 3.05) is 48.4 Å². The minimum Gasteiger partial charge on any atom is -0.497 e. The molecule has 1 aliphatic heterocycles. The van der Waals surface area contributed by atoms with Crippen LogP contribution < -0.4 is 19.9 Å². The predicted molar refractivity (Wildman–Crippen MR) is 111 cm³/mol. The van der Waals surface area contributed by atoms with Crippen LogP contribution in [-0.2, 0) is 6.54 Å². The molecule has 1 aliphatic rings. The first-order valence-corrected chi connectivity index (χ1v) is 9.41. The molecule has 1 aromatic carbocycles. The molecule has 0 atom stereocenters. The van der Waals surface area contributed by atoms with Gasteiger partial charge in [-0.1, -0.05) is 6.07 Å². The maximum atomic E-state index is 5.24. The minimum atomic E-state index is 0.638. The maximum absolute atomic E-state index is 5.24. The summed E-state index contributed by atoms with van der Waals surface area (Å²) in [4.78, 5) is 17.8. The van der Waals surface area contributed by atoms with Crippen LogP contribution in [0.25, 0.3) is 0 Å². The highest BCUT2D eigenvalue weighted by Gasteiger charge is 2.18. The van der Waals surface area contributed by atoms with Crippen LogP contribution in [0.1, 0.15) is 5.56 Å². The van der Waals surface area contributed by atoms with E-state index in [1.165, 1.54) is 5.69 Å². The topological polar surface area (TPSA) is 66.4 Å². The number of aromatic nitrogens is 3. The van der Waals surface area contributed by atoms with E-state index in [1.807, 2.05) is 42.7 Å². The Morgan fingerprint density at radius 3 is 2.46 bits per heavy atom. The molecule has 0 bridgehead atoms. The van der Waals surface area contributed by atoms with Gasteiger partial charge < -0.3 is 19.9 Å². The van der Waals surface area contributed by atoms with Gasteiger partial charge in [0.05, 0.1) is 7.11 Å². The summed E-state index contributed by atoms with van der Waals surface area (Å²) in [6, 6.07) is 14.2. The average Bonchev–Trinajstić information content (AvgIpc) is 2.79. The van der Waals surface area contributed by atoms with E-state index in [0.29, 0.717) is 12.5 Å². The van der Waals surface area contributed by atoms with E-state index in [1.54, 1.807) is 13.3 Å². The molecular formula is C21H24N6O. The summed E-state index contributed by atoms with van der Waals surface area (Å²) in [6.45, 7) is 4.41. The standard InChI is InChI=1S/C21H24N6O/c1-28-19-6-4-18(5-7-19)26-11-13-27(14-12-26)20-8-10-23-21(25-20)24-16-17-3-2-9-22-15-17/h2-10,15H,11-14,16H2,1H3,(H,23,24,25). The lowest BCUT2D eigenvalue weighted by Gasteiger charge is -2.36. The number of ether oxygens (including phenoxy) is 1. The summed E-state index contributed by atoms with van der Waals surface area (Å²) in [7, 11) is 1.69. The molecule has 0 radical (unpaired) electrons. The van der Waals surface area contributed by atoms with Crippen LogP contribution in [0.5, 0.6) is 5.75 Å². The maximum Gasteiger partial charge on any atom is 0.224 e. The Morgan fingerprint density at radius 2 is 1.75 bits per heavy atom. The molecule has 2 aromatic heterocycles. The highest BCUT2D eigenvalue weighted by molar-refractivity contribution is 5.51. The normalized spacial score (nSPS) is 14.0. The van der Waals surface area contributed by atoms with Gasteiger partial charge >= 0.3 is 0 Å². The van der Waals surface area contributed by atoms with Crippen molar-refractivity contribution < 1.29 is 4.74 Å². The number of nitrogens with one attached hydrogen (secondary N) is 1. The number of benzene rings is 1. The Balaban J connectivity index is 1.35. The van der Waals surface area contributed by atoms with E-state index in [-0.39, 0.29) is 0 Å². The van der Waals surface area contributed by atoms with Crippen LogP contribution in [-0.4, -0.2) is 48.2 Å². The molecule has 7 heteroatoms. The fourth-order valence-electron chi connectivity index (χ4n) is 3.28. The Labute approximate surface area is 165 Å². The Morgan fingerprint density at radius 1 is 0.964 bits per heavy atom. The Bertz CT molecular complexity index is 879. The van der Waals surface area contributed by atoms with Gasteiger partial charge in [-0.2, -0.15) is 4.98 Å². The lowest BCUT2D eigenvalue weighted by molar-refractivity contribution is 0.415. The Hall–Kier alpha value is -3.35. The first-order valence-electron chi connectivity index (χ1n) is 9.41. The molecule has 144 valence electrons. The van der Waals surface area contributed by atoms with Gasteiger partial charge in [-0.3, -0.25) is 4.98 Å². The number of methoxy groups -OCH3 is 1. The van der Waals surface area contributed by atoms with Crippen molar-refractivity contribution in [1.82, 2.24) is 15.0 Å². The third-order valence-corrected chi connectivity index (χ3v) is 4.86. The van der Waals surface area contributed by atoms with Crippen molar-refractivity contribution in [2.45, 2.75) is 6.54 Å². The lowest BCUT2D eigenvalue weighted by atomic mass is 10.2. The van der Waals surface area contributed by atoms with E-state index in [2.05, 4.69) is 42.2 Å². The smallest absolute Gasteiger partial charge is 0.224 e. The molecule has 1 N–H and O–H groups in total. The van der Waals surface area contributed by atoms with Crippen molar-refractivity contribution in [1.29, 1.82) is 0 Å². The molecule has 3 aromatic rings. The number of hydrogen-bond acceptors (Lipinski definition) is 7. The van der Waals surface area contributed by atoms with Gasteiger partial charge in [0.15, 0.2) is 0 Å². The van der Waals surface area contributed by atoms with Gasteiger partial charge in [0.1, 0.15) is 11.6 Å². The fourth-order valence-corrected chi connectivity index (χ4v) is 3.28. The molecule has 0 unspecified atom stereocenters. The van der Waals surface area contributed by atoms with Crippen molar-refractivity contribution >= 4 is 17.5 Å². The fraction of sp³-hybridized carbons (Fsp3) is 0.286. The summed E-state index contributed by atoms with van der Waals surface area (Å²) >= 11 is 0. The quantitative estimate of drug-likeness (QED) is 0.709. The molecule has 0 saturated carbocycles. The first kappa shape index (κ1) is 18.0. The van der Waals surface area contributed by atoms with Gasteiger partial charge in [0, 0.05) is 57.0 Å². The molecule has 3 heterocycles. The zero-order chi connectivity index (χ0) is 19.2. The summed E-state index contributed by atoms with van der Waals surface area (Å²) in [5, 5.41) is 3.27. The largest absolute Gasteiger partial charge is 0.497 e. The van der Waals surface area contributed by atoms with Gasteiger partial charge in [0.25, 0.3) is 0 Å². The summed E-state index contributed by atoms with van der Waals surface area (Å²) in [6.07, 6.45) is 5.42. The number of rotatable bonds is 6. The average molecular weight is 376 g/mol. The highest BCUT2D eigenvalue weighted by atomic mass is 16.5. The molecule has 1 saturated heterocycles. The highest BCUT2D eigenvalue weighted by Crippen LogP contribution is 2.22. The van der Waals surface area contributed by atoms with E-state index in [4.69, 9.17) is 4.74 Å². The molecule has 1 fully saturated rings. The number of hydrogen-bond donors (Lipinski definition) is 1. The Kier molecular flexibility index (Phi) is 5.51. The van der Waals surface area contributed by atoms with Gasteiger partial charge in [0.2, 0.25) is 5.95 Å². The molecule has 0 aliphatic carbocycles. The van der Waals surface area contributed by atoms with Crippen molar-refractivity contribution in [3.8, 4) is 5.75 Å². The number of nitrogens with zero attached hydrogens (tertiary/aromatic N) is 5. The number of pyridine rings is 1. The summed E-state index contributed by atoms with van der Waals surface area (Å²) in [5.41, 5.74) is 2.33. The van der Waals surface area contributed by atoms with Crippen LogP contribution in [0, 0.1) is 0 Å². The summed E-state index contributed by atoms with van der Waals surface area (Å²) in [5.74, 6) is 2.48. The van der Waals surface area contributed by atoms with Gasteiger partial charge in [-0.05, 0) is 42.0 Å². The third kappa shape index (κ3) is 4.31. The van der Waals surface area contributed by atoms with Crippen molar-refractivity contribution in [3.05, 3.63) is 66.6 Å². The molecule has 0 amide bonds. The predicted octanol–water partition coefficient (Wildman–Crippen LogP) is 2.82. The van der Waals surface area contributed by atoms with E-state index in [0.717, 1.165) is 43.3 Å². The molecule has 4 rings (SSSR count). The summed E-state index contributed by atoms with van der Waals surface area (Å²) < 4.78 is 5.24. The van der Waals surface area contributed by atoms with E-state index >= 15 is 0 Å². The van der Waals surface area contributed by atoms with Crippen LogP contribution >= 0.6 is 0 Å². The number of piperazine rings is 1. The van der Waals surface area contributed by atoms with Crippen LogP contribution in [0.4, 0.5) is 17.5 Å². The lowest BCUT2D eigenvalue weighted by Crippen LogP contribution is -2.46.